The molecule has 0 saturated carbocycles. The van der Waals surface area contributed by atoms with Crippen LogP contribution in [0.25, 0.3) is 27.9 Å². The standard InChI is InChI=1S/C21H18N4/c1-3-18(15-7-5-4-6-8-15)16-9-10-19-20(11-16)24-21(13-22-19)17-12-23-25(2)14-17/h3-14H,1-2H3/b18-3+. The molecular formula is C21H18N4. The van der Waals surface area contributed by atoms with Gasteiger partial charge in [0.2, 0.25) is 0 Å². The Morgan fingerprint density at radius 3 is 2.52 bits per heavy atom. The van der Waals surface area contributed by atoms with E-state index in [1.807, 2.05) is 25.4 Å². The Hall–Kier alpha value is -3.27. The van der Waals surface area contributed by atoms with Crippen molar-refractivity contribution in [3.05, 3.63) is 84.3 Å². The molecule has 4 heteroatoms. The maximum Gasteiger partial charge on any atom is 0.0924 e. The van der Waals surface area contributed by atoms with Crippen molar-refractivity contribution in [1.29, 1.82) is 0 Å². The minimum absolute atomic E-state index is 0.833. The molecule has 0 saturated heterocycles. The summed E-state index contributed by atoms with van der Waals surface area (Å²) in [5, 5.41) is 4.21. The van der Waals surface area contributed by atoms with Crippen LogP contribution in [0.5, 0.6) is 0 Å². The van der Waals surface area contributed by atoms with E-state index in [0.29, 0.717) is 0 Å². The van der Waals surface area contributed by atoms with Crippen LogP contribution in [0.1, 0.15) is 18.1 Å². The number of aromatic nitrogens is 4. The summed E-state index contributed by atoms with van der Waals surface area (Å²) in [6, 6.07) is 16.6. The van der Waals surface area contributed by atoms with Gasteiger partial charge in [0.15, 0.2) is 0 Å². The number of allylic oxidation sites excluding steroid dienone is 1. The van der Waals surface area contributed by atoms with Gasteiger partial charge in [-0.3, -0.25) is 9.67 Å². The molecule has 25 heavy (non-hydrogen) atoms. The molecule has 0 N–H and O–H groups in total. The lowest BCUT2D eigenvalue weighted by atomic mass is 9.97. The quantitative estimate of drug-likeness (QED) is 0.557. The third-order valence-electron chi connectivity index (χ3n) is 4.23. The Bertz CT molecular complexity index is 1060. The van der Waals surface area contributed by atoms with Gasteiger partial charge in [-0.05, 0) is 35.8 Å². The highest BCUT2D eigenvalue weighted by Crippen LogP contribution is 2.26. The van der Waals surface area contributed by atoms with E-state index in [1.54, 1.807) is 17.1 Å². The van der Waals surface area contributed by atoms with Gasteiger partial charge in [0.1, 0.15) is 0 Å². The van der Waals surface area contributed by atoms with E-state index >= 15 is 0 Å². The fourth-order valence-corrected chi connectivity index (χ4v) is 2.99. The van der Waals surface area contributed by atoms with E-state index in [2.05, 4.69) is 59.5 Å². The molecule has 0 aliphatic carbocycles. The van der Waals surface area contributed by atoms with E-state index in [-0.39, 0.29) is 0 Å². The highest BCUT2D eigenvalue weighted by molar-refractivity contribution is 5.86. The second kappa shape index (κ2) is 6.32. The number of hydrogen-bond donors (Lipinski definition) is 0. The number of hydrogen-bond acceptors (Lipinski definition) is 3. The van der Waals surface area contributed by atoms with Crippen LogP contribution in [0.2, 0.25) is 0 Å². The molecule has 0 aliphatic rings. The predicted molar refractivity (Wildman–Crippen MR) is 101 cm³/mol. The fraction of sp³-hybridized carbons (Fsp3) is 0.0952. The summed E-state index contributed by atoms with van der Waals surface area (Å²) in [6.07, 6.45) is 7.68. The zero-order chi connectivity index (χ0) is 17.2. The van der Waals surface area contributed by atoms with Crippen molar-refractivity contribution in [2.75, 3.05) is 0 Å². The summed E-state index contributed by atoms with van der Waals surface area (Å²) < 4.78 is 1.77. The van der Waals surface area contributed by atoms with Crippen molar-refractivity contribution in [1.82, 2.24) is 19.7 Å². The smallest absolute Gasteiger partial charge is 0.0924 e. The average Bonchev–Trinajstić information content (AvgIpc) is 3.09. The molecule has 0 radical (unpaired) electrons. The summed E-state index contributed by atoms with van der Waals surface area (Å²) in [5.74, 6) is 0. The van der Waals surface area contributed by atoms with Gasteiger partial charge in [-0.1, -0.05) is 42.5 Å². The summed E-state index contributed by atoms with van der Waals surface area (Å²) in [7, 11) is 1.90. The maximum absolute atomic E-state index is 4.79. The largest absolute Gasteiger partial charge is 0.275 e. The van der Waals surface area contributed by atoms with Crippen molar-refractivity contribution in [2.24, 2.45) is 7.05 Å². The molecule has 2 aromatic heterocycles. The zero-order valence-corrected chi connectivity index (χ0v) is 14.2. The number of nitrogens with zero attached hydrogens (tertiary/aromatic N) is 4. The van der Waals surface area contributed by atoms with Crippen LogP contribution < -0.4 is 0 Å². The van der Waals surface area contributed by atoms with Gasteiger partial charge in [0.25, 0.3) is 0 Å². The van der Waals surface area contributed by atoms with Crippen LogP contribution in [-0.4, -0.2) is 19.7 Å². The normalized spacial score (nSPS) is 11.8. The number of fused-ring (bicyclic) bond motifs is 1. The van der Waals surface area contributed by atoms with Gasteiger partial charge in [-0.25, -0.2) is 4.98 Å². The topological polar surface area (TPSA) is 43.6 Å². The molecular weight excluding hydrogens is 308 g/mol. The molecule has 4 aromatic rings. The lowest BCUT2D eigenvalue weighted by Gasteiger charge is -2.09. The minimum atomic E-state index is 0.833. The molecule has 0 unspecified atom stereocenters. The number of aryl methyl sites for hydroxylation is 1. The van der Waals surface area contributed by atoms with Crippen LogP contribution in [-0.2, 0) is 7.05 Å². The highest BCUT2D eigenvalue weighted by Gasteiger charge is 2.08. The van der Waals surface area contributed by atoms with E-state index in [0.717, 1.165) is 27.9 Å². The van der Waals surface area contributed by atoms with Gasteiger partial charge in [-0.2, -0.15) is 5.10 Å². The van der Waals surface area contributed by atoms with Crippen molar-refractivity contribution < 1.29 is 0 Å². The monoisotopic (exact) mass is 326 g/mol. The van der Waals surface area contributed by atoms with E-state index in [1.165, 1.54) is 11.1 Å². The van der Waals surface area contributed by atoms with Crippen LogP contribution in [0.15, 0.2) is 73.2 Å². The molecule has 4 rings (SSSR count). The van der Waals surface area contributed by atoms with Gasteiger partial charge < -0.3 is 0 Å². The molecule has 0 aliphatic heterocycles. The SMILES string of the molecule is C/C=C(\c1ccccc1)c1ccc2ncc(-c3cnn(C)c3)nc2c1. The van der Waals surface area contributed by atoms with Crippen LogP contribution in [0.3, 0.4) is 0 Å². The van der Waals surface area contributed by atoms with E-state index in [9.17, 15) is 0 Å². The fourth-order valence-electron chi connectivity index (χ4n) is 2.99. The van der Waals surface area contributed by atoms with Crippen molar-refractivity contribution in [2.45, 2.75) is 6.92 Å². The maximum atomic E-state index is 4.79. The minimum Gasteiger partial charge on any atom is -0.275 e. The van der Waals surface area contributed by atoms with E-state index < -0.39 is 0 Å². The first-order valence-electron chi connectivity index (χ1n) is 8.22. The third-order valence-corrected chi connectivity index (χ3v) is 4.23. The summed E-state index contributed by atoms with van der Waals surface area (Å²) in [4.78, 5) is 9.33. The molecule has 4 nitrogen and oxygen atoms in total. The second-order valence-corrected chi connectivity index (χ2v) is 5.93. The Morgan fingerprint density at radius 2 is 1.80 bits per heavy atom. The van der Waals surface area contributed by atoms with Gasteiger partial charge in [-0.15, -0.1) is 0 Å². The summed E-state index contributed by atoms with van der Waals surface area (Å²) >= 11 is 0. The first-order chi connectivity index (χ1) is 12.2. The molecule has 0 bridgehead atoms. The van der Waals surface area contributed by atoms with Gasteiger partial charge >= 0.3 is 0 Å². The molecule has 2 heterocycles. The molecule has 0 amide bonds. The predicted octanol–water partition coefficient (Wildman–Crippen LogP) is 4.48. The molecule has 0 atom stereocenters. The second-order valence-electron chi connectivity index (χ2n) is 5.93. The van der Waals surface area contributed by atoms with Crippen LogP contribution >= 0.6 is 0 Å². The molecule has 0 spiro atoms. The van der Waals surface area contributed by atoms with Crippen molar-refractivity contribution in [3.63, 3.8) is 0 Å². The third kappa shape index (κ3) is 2.94. The lowest BCUT2D eigenvalue weighted by Crippen LogP contribution is -1.92. The van der Waals surface area contributed by atoms with Gasteiger partial charge in [0.05, 0.1) is 29.1 Å². The summed E-state index contributed by atoms with van der Waals surface area (Å²) in [6.45, 7) is 2.06. The number of benzene rings is 2. The van der Waals surface area contributed by atoms with E-state index in [4.69, 9.17) is 4.98 Å². The summed E-state index contributed by atoms with van der Waals surface area (Å²) in [5.41, 5.74) is 7.10. The number of rotatable bonds is 3. The first kappa shape index (κ1) is 15.3. The van der Waals surface area contributed by atoms with Crippen molar-refractivity contribution >= 4 is 16.6 Å². The highest BCUT2D eigenvalue weighted by atomic mass is 15.2. The molecule has 122 valence electrons. The van der Waals surface area contributed by atoms with Gasteiger partial charge in [0, 0.05) is 18.8 Å². The first-order valence-corrected chi connectivity index (χ1v) is 8.22. The van der Waals surface area contributed by atoms with Crippen LogP contribution in [0.4, 0.5) is 0 Å². The molecule has 0 fully saturated rings. The van der Waals surface area contributed by atoms with Crippen molar-refractivity contribution in [3.8, 4) is 11.3 Å². The zero-order valence-electron chi connectivity index (χ0n) is 14.2. The Balaban J connectivity index is 1.81. The Kier molecular flexibility index (Phi) is 3.86. The Morgan fingerprint density at radius 1 is 0.960 bits per heavy atom. The molecule has 2 aromatic carbocycles. The average molecular weight is 326 g/mol. The Labute approximate surface area is 146 Å². The lowest BCUT2D eigenvalue weighted by molar-refractivity contribution is 0.768. The van der Waals surface area contributed by atoms with Crippen LogP contribution in [0, 0.1) is 0 Å².